The molecule has 4 fully saturated rings. The summed E-state index contributed by atoms with van der Waals surface area (Å²) in [5.74, 6) is -2.41. The minimum absolute atomic E-state index is 0.0239. The Bertz CT molecular complexity index is 2840. The van der Waals surface area contributed by atoms with Crippen LogP contribution < -0.4 is 15.4 Å². The van der Waals surface area contributed by atoms with Gasteiger partial charge in [0.25, 0.3) is 0 Å². The van der Waals surface area contributed by atoms with E-state index in [2.05, 4.69) is 15.4 Å². The molecule has 2 saturated carbocycles. The first-order valence-electron chi connectivity index (χ1n) is 28.8. The van der Waals surface area contributed by atoms with Crippen molar-refractivity contribution in [2.24, 2.45) is 11.8 Å². The third-order valence-electron chi connectivity index (χ3n) is 15.1. The minimum atomic E-state index is -4.01. The fraction of sp³-hybridized carbons (Fsp3) is 0.600. The third kappa shape index (κ3) is 19.2. The highest BCUT2D eigenvalue weighted by molar-refractivity contribution is 7.89. The summed E-state index contributed by atoms with van der Waals surface area (Å²) in [4.78, 5) is 82.4. The smallest absolute Gasteiger partial charge is 0.408 e. The number of nitrogens with zero attached hydrogens (tertiary/aromatic N) is 3. The first-order valence-corrected chi connectivity index (χ1v) is 31.8. The van der Waals surface area contributed by atoms with Gasteiger partial charge in [0.05, 0.1) is 30.6 Å². The summed E-state index contributed by atoms with van der Waals surface area (Å²) in [6.45, 7) is 11.2. The summed E-state index contributed by atoms with van der Waals surface area (Å²) in [5, 5.41) is 5.55. The number of likely N-dealkylation sites (tertiary alicyclic amines) is 2. The first-order chi connectivity index (χ1) is 39.3. The van der Waals surface area contributed by atoms with Gasteiger partial charge in [0.15, 0.2) is 0 Å². The van der Waals surface area contributed by atoms with E-state index in [1.807, 2.05) is 30.3 Å². The van der Waals surface area contributed by atoms with Gasteiger partial charge in [0, 0.05) is 38.3 Å². The van der Waals surface area contributed by atoms with Crippen LogP contribution >= 0.6 is 0 Å². The summed E-state index contributed by atoms with van der Waals surface area (Å²) in [6.07, 6.45) is 7.90. The topological polar surface area (TPSA) is 263 Å². The summed E-state index contributed by atoms with van der Waals surface area (Å²) >= 11 is 0. The van der Waals surface area contributed by atoms with Gasteiger partial charge in [-0.2, -0.15) is 4.31 Å². The molecule has 2 heterocycles. The average molecular weight is 1200 g/mol. The molecule has 83 heavy (non-hydrogen) atoms. The van der Waals surface area contributed by atoms with Crippen molar-refractivity contribution in [3.8, 4) is 0 Å². The fourth-order valence-corrected chi connectivity index (χ4v) is 14.2. The number of amides is 4. The van der Waals surface area contributed by atoms with Crippen molar-refractivity contribution in [1.29, 1.82) is 0 Å². The van der Waals surface area contributed by atoms with Gasteiger partial charge >= 0.3 is 24.1 Å². The molecule has 4 aliphatic rings. The largest absolute Gasteiger partial charge is 0.467 e. The van der Waals surface area contributed by atoms with Gasteiger partial charge in [0.2, 0.25) is 31.9 Å². The van der Waals surface area contributed by atoms with Gasteiger partial charge in [-0.1, -0.05) is 105 Å². The highest BCUT2D eigenvalue weighted by Gasteiger charge is 2.49. The maximum atomic E-state index is 14.4. The zero-order valence-corrected chi connectivity index (χ0v) is 50.9. The summed E-state index contributed by atoms with van der Waals surface area (Å²) in [5.41, 5.74) is -0.498. The lowest BCUT2D eigenvalue weighted by molar-refractivity contribution is -0.152. The van der Waals surface area contributed by atoms with Crippen LogP contribution in [0.5, 0.6) is 0 Å². The highest BCUT2D eigenvalue weighted by Crippen LogP contribution is 2.34. The summed E-state index contributed by atoms with van der Waals surface area (Å²) in [7, 11) is -5.39. The Hall–Kier alpha value is -6.14. The van der Waals surface area contributed by atoms with Gasteiger partial charge in [0.1, 0.15) is 35.4 Å². The van der Waals surface area contributed by atoms with Crippen LogP contribution in [0.15, 0.2) is 101 Å². The monoisotopic (exact) mass is 1190 g/mol. The second-order valence-corrected chi connectivity index (χ2v) is 27.3. The average Bonchev–Trinajstić information content (AvgIpc) is 3.78. The second kappa shape index (κ2) is 30.1. The molecule has 6 atom stereocenters. The Morgan fingerprint density at radius 1 is 0.590 bits per heavy atom. The molecule has 0 unspecified atom stereocenters. The lowest BCUT2D eigenvalue weighted by Crippen LogP contribution is -2.56. The number of methoxy groups -OCH3 is 2. The number of hydrogen-bond donors (Lipinski definition) is 3. The van der Waals surface area contributed by atoms with E-state index in [4.69, 9.17) is 23.7 Å². The van der Waals surface area contributed by atoms with E-state index < -0.39 is 103 Å². The number of sulfonamides is 2. The molecule has 7 rings (SSSR count). The number of carbonyl (C=O) groups is 6. The molecule has 458 valence electrons. The fourth-order valence-electron chi connectivity index (χ4n) is 11.3. The number of ether oxygens (including phenoxy) is 5. The standard InChI is InChI=1S/C35H49N3O8S.C25H37N3O7S/c1-35(2,3)46-34(41)36-31(27-17-10-6-11-18-27)32(39)37-24-28(23-30(37)33(40)44-4)38(47(42,43)29-19-12-7-13-20-29)21-14-22-45-25-26-15-8-5-9-16-26;1-25(2,3)35-24(31)26-21(17-11-7-5-8-12-17)22(29)28-16-18(15-20(28)23(30)34-4)27-36(32,33)19-13-9-6-10-14-19/h5,7-9,12-13,15-16,19-20,27-28,30-31H,6,10-11,14,17-18,21-25H2,1-4H3,(H,36,41);6,9-10,13-14,17-18,20-21,27H,5,7-8,11-12,15-16H2,1-4H3,(H,26,31)/t28-,30+,31+;18-,20+,21+/m11/s1. The molecule has 4 amide bonds. The van der Waals surface area contributed by atoms with Crippen molar-refractivity contribution >= 4 is 56.0 Å². The molecule has 0 spiro atoms. The SMILES string of the molecule is COC(=O)[C@@H]1C[C@@H](N(CCCOCc2ccccc2)S(=O)(=O)c2ccccc2)CN1C(=O)[C@@H](NC(=O)OC(C)(C)C)C1CCCCC1.COC(=O)[C@@H]1C[C@@H](NS(=O)(=O)c2ccccc2)CN1C(=O)[C@@H](NC(=O)OC(C)(C)C)C1CCCCC1. The Morgan fingerprint density at radius 3 is 1.48 bits per heavy atom. The third-order valence-corrected chi connectivity index (χ3v) is 18.6. The number of rotatable bonds is 20. The molecule has 0 bridgehead atoms. The zero-order valence-electron chi connectivity index (χ0n) is 49.3. The first kappa shape index (κ1) is 66.0. The summed E-state index contributed by atoms with van der Waals surface area (Å²) in [6, 6.07) is 20.5. The van der Waals surface area contributed by atoms with Gasteiger partial charge in [-0.3, -0.25) is 9.59 Å². The zero-order chi connectivity index (χ0) is 60.5. The molecular weight excluding hydrogens is 1110 g/mol. The predicted molar refractivity (Wildman–Crippen MR) is 309 cm³/mol. The number of hydrogen-bond acceptors (Lipinski definition) is 15. The molecule has 3 N–H and O–H groups in total. The molecule has 2 aliphatic heterocycles. The number of benzene rings is 3. The highest BCUT2D eigenvalue weighted by atomic mass is 32.2. The molecule has 2 aliphatic carbocycles. The molecule has 21 nitrogen and oxygen atoms in total. The van der Waals surface area contributed by atoms with Crippen molar-refractivity contribution < 1.29 is 69.3 Å². The van der Waals surface area contributed by atoms with E-state index in [0.29, 0.717) is 19.6 Å². The molecule has 3 aromatic rings. The van der Waals surface area contributed by atoms with Crippen LogP contribution in [0.3, 0.4) is 0 Å². The van der Waals surface area contributed by atoms with Crippen LogP contribution in [0.2, 0.25) is 0 Å². The molecule has 0 radical (unpaired) electrons. The van der Waals surface area contributed by atoms with E-state index in [-0.39, 0.29) is 54.1 Å². The van der Waals surface area contributed by atoms with Crippen LogP contribution in [-0.4, -0.2) is 155 Å². The number of nitrogens with one attached hydrogen (secondary N) is 3. The predicted octanol–water partition coefficient (Wildman–Crippen LogP) is 7.48. The van der Waals surface area contributed by atoms with Crippen molar-refractivity contribution in [2.45, 2.75) is 189 Å². The Balaban J connectivity index is 0.000000276. The second-order valence-electron chi connectivity index (χ2n) is 23.7. The van der Waals surface area contributed by atoms with Crippen LogP contribution in [0.25, 0.3) is 0 Å². The lowest BCUT2D eigenvalue weighted by atomic mass is 9.83. The van der Waals surface area contributed by atoms with Crippen molar-refractivity contribution in [3.63, 3.8) is 0 Å². The Kier molecular flexibility index (Phi) is 23.9. The van der Waals surface area contributed by atoms with Crippen molar-refractivity contribution in [3.05, 3.63) is 96.6 Å². The Morgan fingerprint density at radius 2 is 1.02 bits per heavy atom. The van der Waals surface area contributed by atoms with Gasteiger partial charge in [-0.25, -0.2) is 40.7 Å². The normalized spacial score (nSPS) is 20.7. The number of alkyl carbamates (subject to hydrolysis) is 2. The van der Waals surface area contributed by atoms with Crippen molar-refractivity contribution in [1.82, 2.24) is 29.5 Å². The molecule has 3 aromatic carbocycles. The maximum Gasteiger partial charge on any atom is 0.408 e. The van der Waals surface area contributed by atoms with E-state index >= 15 is 0 Å². The molecule has 23 heteroatoms. The van der Waals surface area contributed by atoms with Crippen LogP contribution in [0.1, 0.15) is 131 Å². The van der Waals surface area contributed by atoms with Gasteiger partial charge < -0.3 is 44.1 Å². The molecular formula is C60H86N6O15S2. The molecule has 0 aromatic heterocycles. The number of esters is 2. The van der Waals surface area contributed by atoms with E-state index in [1.54, 1.807) is 77.9 Å². The van der Waals surface area contributed by atoms with Crippen LogP contribution in [-0.2, 0) is 69.5 Å². The quantitative estimate of drug-likeness (QED) is 0.0562. The Labute approximate surface area is 490 Å². The van der Waals surface area contributed by atoms with Gasteiger partial charge in [-0.15, -0.1) is 0 Å². The van der Waals surface area contributed by atoms with Crippen molar-refractivity contribution in [2.75, 3.05) is 40.5 Å². The maximum absolute atomic E-state index is 14.4. The molecule has 2 saturated heterocycles. The van der Waals surface area contributed by atoms with Crippen LogP contribution in [0.4, 0.5) is 9.59 Å². The van der Waals surface area contributed by atoms with E-state index in [0.717, 1.165) is 69.8 Å². The summed E-state index contributed by atoms with van der Waals surface area (Å²) < 4.78 is 84.7. The van der Waals surface area contributed by atoms with Crippen LogP contribution in [0, 0.1) is 11.8 Å². The lowest BCUT2D eigenvalue weighted by Gasteiger charge is -2.35. The van der Waals surface area contributed by atoms with E-state index in [1.165, 1.54) is 52.6 Å². The van der Waals surface area contributed by atoms with Gasteiger partial charge in [-0.05, 0) is 128 Å². The minimum Gasteiger partial charge on any atom is -0.467 e. The number of carbonyl (C=O) groups excluding carboxylic acids is 6. The van der Waals surface area contributed by atoms with E-state index in [9.17, 15) is 45.6 Å².